The molecule has 1 amide bonds. The van der Waals surface area contributed by atoms with E-state index in [4.69, 9.17) is 0 Å². The fourth-order valence-corrected chi connectivity index (χ4v) is 3.34. The fraction of sp³-hybridized carbons (Fsp3) is 0.600. The molecule has 1 heterocycles. The quantitative estimate of drug-likeness (QED) is 0.367. The van der Waals surface area contributed by atoms with Gasteiger partial charge in [0.05, 0.1) is 0 Å². The molecule has 6 nitrogen and oxygen atoms in total. The third kappa shape index (κ3) is 8.04. The topological polar surface area (TPSA) is 60.0 Å². The molecule has 0 aromatic heterocycles. The number of likely N-dealkylation sites (tertiary alicyclic amines) is 1. The lowest BCUT2D eigenvalue weighted by Gasteiger charge is -2.30. The molecule has 1 fully saturated rings. The van der Waals surface area contributed by atoms with E-state index >= 15 is 0 Å². The van der Waals surface area contributed by atoms with Crippen LogP contribution in [0.1, 0.15) is 28.8 Å². The number of hydrogen-bond donors (Lipinski definition) is 2. The summed E-state index contributed by atoms with van der Waals surface area (Å²) in [5.41, 5.74) is 1.88. The lowest BCUT2D eigenvalue weighted by Crippen LogP contribution is -2.44. The van der Waals surface area contributed by atoms with Crippen LogP contribution in [0.2, 0.25) is 0 Å². The summed E-state index contributed by atoms with van der Waals surface area (Å²) in [4.78, 5) is 20.4. The van der Waals surface area contributed by atoms with Crippen LogP contribution in [0.4, 0.5) is 0 Å². The number of nitrogens with zero attached hydrogens (tertiary/aromatic N) is 3. The summed E-state index contributed by atoms with van der Waals surface area (Å²) in [5.74, 6) is 1.56. The van der Waals surface area contributed by atoms with Gasteiger partial charge in [-0.1, -0.05) is 12.1 Å². The second-order valence-corrected chi connectivity index (χ2v) is 7.30. The van der Waals surface area contributed by atoms with Crippen LogP contribution in [0.15, 0.2) is 29.3 Å². The van der Waals surface area contributed by atoms with Gasteiger partial charge in [-0.3, -0.25) is 9.79 Å². The molecule has 1 unspecified atom stereocenters. The average Bonchev–Trinajstić information content (AvgIpc) is 2.64. The number of carbonyl (C=O) groups excluding carboxylic acids is 1. The Morgan fingerprint density at radius 1 is 1.33 bits per heavy atom. The molecule has 1 aromatic rings. The van der Waals surface area contributed by atoms with Crippen molar-refractivity contribution >= 4 is 35.8 Å². The molecule has 2 rings (SSSR count). The Morgan fingerprint density at radius 3 is 2.78 bits per heavy atom. The summed E-state index contributed by atoms with van der Waals surface area (Å²) in [6, 6.07) is 7.83. The summed E-state index contributed by atoms with van der Waals surface area (Å²) in [7, 11) is 7.54. The van der Waals surface area contributed by atoms with E-state index in [1.807, 2.05) is 18.2 Å². The van der Waals surface area contributed by atoms with Crippen LogP contribution in [0.5, 0.6) is 0 Å². The van der Waals surface area contributed by atoms with Gasteiger partial charge in [0.1, 0.15) is 0 Å². The van der Waals surface area contributed by atoms with E-state index in [2.05, 4.69) is 33.6 Å². The standard InChI is InChI=1S/C20H33N5O.HI/c1-21-20(23-14-17-8-6-12-25(4)15-17)22-11-10-16-7-5-9-18(13-16)19(26)24(2)3;/h5,7,9,13,17H,6,8,10-12,14-15H2,1-4H3,(H2,21,22,23);1H. The lowest BCUT2D eigenvalue weighted by molar-refractivity contribution is 0.0827. The first kappa shape index (κ1) is 23.7. The second kappa shape index (κ2) is 12.2. The first-order chi connectivity index (χ1) is 12.5. The smallest absolute Gasteiger partial charge is 0.253 e. The number of piperidine rings is 1. The number of hydrogen-bond acceptors (Lipinski definition) is 3. The molecule has 0 radical (unpaired) electrons. The van der Waals surface area contributed by atoms with Gasteiger partial charge in [0.2, 0.25) is 0 Å². The number of rotatable bonds is 6. The molecule has 1 aliphatic heterocycles. The van der Waals surface area contributed by atoms with Gasteiger partial charge >= 0.3 is 0 Å². The molecule has 0 aliphatic carbocycles. The van der Waals surface area contributed by atoms with E-state index in [1.54, 1.807) is 26.0 Å². The van der Waals surface area contributed by atoms with E-state index in [9.17, 15) is 4.79 Å². The molecule has 1 aromatic carbocycles. The number of nitrogens with one attached hydrogen (secondary N) is 2. The first-order valence-corrected chi connectivity index (χ1v) is 9.43. The first-order valence-electron chi connectivity index (χ1n) is 9.43. The second-order valence-electron chi connectivity index (χ2n) is 7.30. The Balaban J connectivity index is 0.00000364. The maximum Gasteiger partial charge on any atom is 0.253 e. The molecule has 0 bridgehead atoms. The van der Waals surface area contributed by atoms with Gasteiger partial charge in [0, 0.05) is 46.3 Å². The SMILES string of the molecule is CN=C(NCCc1cccc(C(=O)N(C)C)c1)NCC1CCCN(C)C1.I. The molecular weight excluding hydrogens is 453 g/mol. The molecule has 2 N–H and O–H groups in total. The highest BCUT2D eigenvalue weighted by Crippen LogP contribution is 2.13. The lowest BCUT2D eigenvalue weighted by atomic mass is 9.99. The zero-order valence-corrected chi connectivity index (χ0v) is 19.3. The van der Waals surface area contributed by atoms with Crippen LogP contribution < -0.4 is 10.6 Å². The van der Waals surface area contributed by atoms with Gasteiger partial charge in [-0.05, 0) is 56.5 Å². The van der Waals surface area contributed by atoms with Crippen molar-refractivity contribution in [2.45, 2.75) is 19.3 Å². The van der Waals surface area contributed by atoms with Crippen molar-refractivity contribution in [2.24, 2.45) is 10.9 Å². The Labute approximate surface area is 180 Å². The number of halogens is 1. The van der Waals surface area contributed by atoms with Crippen LogP contribution in [-0.4, -0.2) is 76.0 Å². The van der Waals surface area contributed by atoms with Crippen molar-refractivity contribution in [3.63, 3.8) is 0 Å². The van der Waals surface area contributed by atoms with Gasteiger partial charge in [0.25, 0.3) is 5.91 Å². The van der Waals surface area contributed by atoms with Crippen molar-refractivity contribution in [2.75, 3.05) is 54.4 Å². The molecule has 7 heteroatoms. The number of aliphatic imine (C=N–C) groups is 1. The van der Waals surface area contributed by atoms with Crippen molar-refractivity contribution < 1.29 is 4.79 Å². The minimum absolute atomic E-state index is 0. The van der Waals surface area contributed by atoms with Crippen molar-refractivity contribution in [1.82, 2.24) is 20.4 Å². The van der Waals surface area contributed by atoms with E-state index in [0.717, 1.165) is 43.1 Å². The summed E-state index contributed by atoms with van der Waals surface area (Å²) in [5, 5.41) is 6.81. The van der Waals surface area contributed by atoms with Crippen LogP contribution in [-0.2, 0) is 6.42 Å². The number of guanidine groups is 1. The van der Waals surface area contributed by atoms with Crippen molar-refractivity contribution in [1.29, 1.82) is 0 Å². The molecule has 1 saturated heterocycles. The molecule has 0 spiro atoms. The van der Waals surface area contributed by atoms with Crippen molar-refractivity contribution in [3.05, 3.63) is 35.4 Å². The van der Waals surface area contributed by atoms with Crippen LogP contribution in [0.25, 0.3) is 0 Å². The van der Waals surface area contributed by atoms with Crippen LogP contribution in [0.3, 0.4) is 0 Å². The largest absolute Gasteiger partial charge is 0.356 e. The van der Waals surface area contributed by atoms with Gasteiger partial charge < -0.3 is 20.4 Å². The Kier molecular flexibility index (Phi) is 10.7. The minimum Gasteiger partial charge on any atom is -0.356 e. The summed E-state index contributed by atoms with van der Waals surface area (Å²) in [6.45, 7) is 4.09. The van der Waals surface area contributed by atoms with Gasteiger partial charge in [-0.15, -0.1) is 24.0 Å². The predicted octanol–water partition coefficient (Wildman–Crippen LogP) is 2.06. The molecule has 1 aliphatic rings. The monoisotopic (exact) mass is 487 g/mol. The molecule has 0 saturated carbocycles. The fourth-order valence-electron chi connectivity index (χ4n) is 3.34. The highest BCUT2D eigenvalue weighted by atomic mass is 127. The van der Waals surface area contributed by atoms with Crippen LogP contribution in [0, 0.1) is 5.92 Å². The average molecular weight is 487 g/mol. The van der Waals surface area contributed by atoms with E-state index in [1.165, 1.54) is 19.4 Å². The molecule has 1 atom stereocenters. The maximum atomic E-state index is 12.1. The van der Waals surface area contributed by atoms with Gasteiger partial charge in [-0.25, -0.2) is 0 Å². The Morgan fingerprint density at radius 2 is 2.11 bits per heavy atom. The van der Waals surface area contributed by atoms with E-state index < -0.39 is 0 Å². The zero-order valence-electron chi connectivity index (χ0n) is 17.0. The Hall–Kier alpha value is -1.35. The predicted molar refractivity (Wildman–Crippen MR) is 123 cm³/mol. The highest BCUT2D eigenvalue weighted by molar-refractivity contribution is 14.0. The summed E-state index contributed by atoms with van der Waals surface area (Å²) in [6.07, 6.45) is 3.40. The number of amides is 1. The van der Waals surface area contributed by atoms with Gasteiger partial charge in [0.15, 0.2) is 5.96 Å². The summed E-state index contributed by atoms with van der Waals surface area (Å²) >= 11 is 0. The normalized spacial score (nSPS) is 17.8. The summed E-state index contributed by atoms with van der Waals surface area (Å²) < 4.78 is 0. The van der Waals surface area contributed by atoms with Crippen LogP contribution >= 0.6 is 24.0 Å². The number of carbonyl (C=O) groups is 1. The minimum atomic E-state index is 0. The third-order valence-electron chi connectivity index (χ3n) is 4.79. The van der Waals surface area contributed by atoms with Gasteiger partial charge in [-0.2, -0.15) is 0 Å². The molecule has 27 heavy (non-hydrogen) atoms. The maximum absolute atomic E-state index is 12.1. The molecular formula is C20H34IN5O. The number of benzene rings is 1. The highest BCUT2D eigenvalue weighted by Gasteiger charge is 2.17. The molecule has 152 valence electrons. The third-order valence-corrected chi connectivity index (χ3v) is 4.79. The Bertz CT molecular complexity index is 620. The zero-order chi connectivity index (χ0) is 18.9. The van der Waals surface area contributed by atoms with E-state index in [0.29, 0.717) is 5.92 Å². The van der Waals surface area contributed by atoms with E-state index in [-0.39, 0.29) is 29.9 Å². The van der Waals surface area contributed by atoms with Crippen molar-refractivity contribution in [3.8, 4) is 0 Å².